The lowest BCUT2D eigenvalue weighted by Crippen LogP contribution is -2.28. The normalized spacial score (nSPS) is 12.4. The Kier molecular flexibility index (Phi) is 3.71. The van der Waals surface area contributed by atoms with Gasteiger partial charge in [0.2, 0.25) is 0 Å². The van der Waals surface area contributed by atoms with Gasteiger partial charge in [0.1, 0.15) is 0 Å². The SMILES string of the molecule is Cc1cnc(-n2c(C)c(C(C)C(=O)O)c(C)nc2=O)s1. The van der Waals surface area contributed by atoms with E-state index in [4.69, 9.17) is 0 Å². The van der Waals surface area contributed by atoms with Crippen molar-refractivity contribution in [2.45, 2.75) is 33.6 Å². The van der Waals surface area contributed by atoms with Gasteiger partial charge < -0.3 is 5.11 Å². The van der Waals surface area contributed by atoms with Crippen LogP contribution in [0.3, 0.4) is 0 Å². The molecule has 0 radical (unpaired) electrons. The van der Waals surface area contributed by atoms with E-state index < -0.39 is 17.6 Å². The van der Waals surface area contributed by atoms with Crippen LogP contribution in [0.2, 0.25) is 0 Å². The molecule has 2 rings (SSSR count). The molecule has 0 aliphatic rings. The van der Waals surface area contributed by atoms with Crippen molar-refractivity contribution in [3.8, 4) is 5.13 Å². The highest BCUT2D eigenvalue weighted by Gasteiger charge is 2.23. The van der Waals surface area contributed by atoms with Crippen molar-refractivity contribution in [2.24, 2.45) is 0 Å². The van der Waals surface area contributed by atoms with Crippen molar-refractivity contribution in [3.05, 3.63) is 38.5 Å². The molecule has 0 fully saturated rings. The molecule has 0 bridgehead atoms. The fourth-order valence-electron chi connectivity index (χ4n) is 2.20. The molecule has 0 amide bonds. The van der Waals surface area contributed by atoms with Gasteiger partial charge in [-0.05, 0) is 27.7 Å². The number of aliphatic carboxylic acids is 1. The van der Waals surface area contributed by atoms with Crippen LogP contribution >= 0.6 is 11.3 Å². The van der Waals surface area contributed by atoms with Crippen molar-refractivity contribution in [1.29, 1.82) is 0 Å². The number of aryl methyl sites for hydroxylation is 2. The number of hydrogen-bond donors (Lipinski definition) is 1. The second kappa shape index (κ2) is 5.16. The summed E-state index contributed by atoms with van der Waals surface area (Å²) >= 11 is 1.37. The van der Waals surface area contributed by atoms with Crippen LogP contribution in [0, 0.1) is 20.8 Å². The summed E-state index contributed by atoms with van der Waals surface area (Å²) in [6.45, 7) is 6.85. The summed E-state index contributed by atoms with van der Waals surface area (Å²) < 4.78 is 1.37. The standard InChI is InChI=1S/C13H15N3O3S/c1-6-5-14-13(20-6)16-9(4)10(7(2)11(17)18)8(3)15-12(16)19/h5,7H,1-4H3,(H,17,18). The lowest BCUT2D eigenvalue weighted by Gasteiger charge is -2.16. The molecule has 1 unspecified atom stereocenters. The highest BCUT2D eigenvalue weighted by molar-refractivity contribution is 7.14. The third-order valence-corrected chi connectivity index (χ3v) is 4.07. The summed E-state index contributed by atoms with van der Waals surface area (Å²) in [5.74, 6) is -1.67. The van der Waals surface area contributed by atoms with Crippen LogP contribution in [0.4, 0.5) is 0 Å². The van der Waals surface area contributed by atoms with Gasteiger partial charge in [-0.3, -0.25) is 4.79 Å². The zero-order valence-electron chi connectivity index (χ0n) is 11.7. The predicted molar refractivity (Wildman–Crippen MR) is 75.8 cm³/mol. The summed E-state index contributed by atoms with van der Waals surface area (Å²) in [5.41, 5.74) is 1.15. The first-order valence-electron chi connectivity index (χ1n) is 6.08. The van der Waals surface area contributed by atoms with Crippen molar-refractivity contribution in [1.82, 2.24) is 14.5 Å². The van der Waals surface area contributed by atoms with Crippen LogP contribution in [0.15, 0.2) is 11.0 Å². The van der Waals surface area contributed by atoms with Gasteiger partial charge in [0.15, 0.2) is 5.13 Å². The minimum Gasteiger partial charge on any atom is -0.481 e. The van der Waals surface area contributed by atoms with Crippen LogP contribution in [0.25, 0.3) is 5.13 Å². The molecule has 6 nitrogen and oxygen atoms in total. The molecule has 1 N–H and O–H groups in total. The molecule has 0 aliphatic carbocycles. The number of aromatic nitrogens is 3. The molecule has 0 aliphatic heterocycles. The third-order valence-electron chi connectivity index (χ3n) is 3.17. The lowest BCUT2D eigenvalue weighted by atomic mass is 9.98. The number of rotatable bonds is 3. The maximum Gasteiger partial charge on any atom is 0.354 e. The summed E-state index contributed by atoms with van der Waals surface area (Å²) in [6, 6.07) is 0. The summed E-state index contributed by atoms with van der Waals surface area (Å²) in [7, 11) is 0. The van der Waals surface area contributed by atoms with Gasteiger partial charge in [0, 0.05) is 28.0 Å². The van der Waals surface area contributed by atoms with Gasteiger partial charge in [0.05, 0.1) is 5.92 Å². The van der Waals surface area contributed by atoms with E-state index in [1.165, 1.54) is 15.9 Å². The number of carbonyl (C=O) groups is 1. The van der Waals surface area contributed by atoms with E-state index in [0.717, 1.165) is 4.88 Å². The Balaban J connectivity index is 2.74. The van der Waals surface area contributed by atoms with Crippen molar-refractivity contribution >= 4 is 17.3 Å². The first-order chi connectivity index (χ1) is 9.32. The fraction of sp³-hybridized carbons (Fsp3) is 0.385. The molecule has 20 heavy (non-hydrogen) atoms. The van der Waals surface area contributed by atoms with E-state index in [1.807, 2.05) is 6.92 Å². The van der Waals surface area contributed by atoms with Crippen molar-refractivity contribution < 1.29 is 9.90 Å². The number of nitrogens with zero attached hydrogens (tertiary/aromatic N) is 3. The van der Waals surface area contributed by atoms with E-state index in [2.05, 4.69) is 9.97 Å². The first-order valence-corrected chi connectivity index (χ1v) is 6.90. The van der Waals surface area contributed by atoms with Crippen LogP contribution in [0.5, 0.6) is 0 Å². The van der Waals surface area contributed by atoms with Gasteiger partial charge in [0.25, 0.3) is 0 Å². The zero-order valence-corrected chi connectivity index (χ0v) is 12.5. The Labute approximate surface area is 119 Å². The van der Waals surface area contributed by atoms with Crippen LogP contribution in [0.1, 0.15) is 34.7 Å². The Morgan fingerprint density at radius 2 is 2.05 bits per heavy atom. The summed E-state index contributed by atoms with van der Waals surface area (Å²) in [6.07, 6.45) is 1.67. The largest absolute Gasteiger partial charge is 0.481 e. The molecule has 2 aromatic heterocycles. The lowest BCUT2D eigenvalue weighted by molar-refractivity contribution is -0.138. The molecule has 2 heterocycles. The maximum absolute atomic E-state index is 12.1. The third kappa shape index (κ3) is 2.36. The van der Waals surface area contributed by atoms with Crippen LogP contribution in [-0.2, 0) is 4.79 Å². The fourth-order valence-corrected chi connectivity index (χ4v) is 3.01. The Morgan fingerprint density at radius 1 is 1.40 bits per heavy atom. The predicted octanol–water partition coefficient (Wildman–Crippen LogP) is 1.80. The molecule has 0 saturated heterocycles. The minimum atomic E-state index is -0.946. The van der Waals surface area contributed by atoms with Gasteiger partial charge >= 0.3 is 11.7 Å². The molecule has 0 saturated carbocycles. The smallest absolute Gasteiger partial charge is 0.354 e. The summed E-state index contributed by atoms with van der Waals surface area (Å²) in [4.78, 5) is 32.4. The monoisotopic (exact) mass is 293 g/mol. The maximum atomic E-state index is 12.1. The van der Waals surface area contributed by atoms with E-state index in [-0.39, 0.29) is 0 Å². The number of carboxylic acids is 1. The van der Waals surface area contributed by atoms with Crippen LogP contribution in [-0.4, -0.2) is 25.6 Å². The van der Waals surface area contributed by atoms with Gasteiger partial charge in [-0.1, -0.05) is 0 Å². The molecular formula is C13H15N3O3S. The molecule has 1 atom stereocenters. The average molecular weight is 293 g/mol. The van der Waals surface area contributed by atoms with Gasteiger partial charge in [-0.2, -0.15) is 4.98 Å². The second-order valence-corrected chi connectivity index (χ2v) is 5.84. The molecular weight excluding hydrogens is 278 g/mol. The van der Waals surface area contributed by atoms with Gasteiger partial charge in [-0.25, -0.2) is 14.3 Å². The second-order valence-electron chi connectivity index (χ2n) is 4.63. The Bertz CT molecular complexity index is 733. The van der Waals surface area contributed by atoms with Crippen molar-refractivity contribution in [2.75, 3.05) is 0 Å². The molecule has 7 heteroatoms. The number of thiazole rings is 1. The van der Waals surface area contributed by atoms with Crippen LogP contribution < -0.4 is 5.69 Å². The highest BCUT2D eigenvalue weighted by Crippen LogP contribution is 2.24. The van der Waals surface area contributed by atoms with Gasteiger partial charge in [-0.15, -0.1) is 11.3 Å². The molecule has 2 aromatic rings. The van der Waals surface area contributed by atoms with E-state index >= 15 is 0 Å². The Hall–Kier alpha value is -2.02. The van der Waals surface area contributed by atoms with E-state index in [0.29, 0.717) is 22.1 Å². The first kappa shape index (κ1) is 14.4. The topological polar surface area (TPSA) is 85.1 Å². The molecule has 0 spiro atoms. The van der Waals surface area contributed by atoms with E-state index in [1.54, 1.807) is 27.0 Å². The summed E-state index contributed by atoms with van der Waals surface area (Å²) in [5, 5.41) is 9.70. The Morgan fingerprint density at radius 3 is 2.55 bits per heavy atom. The highest BCUT2D eigenvalue weighted by atomic mass is 32.1. The van der Waals surface area contributed by atoms with Crippen molar-refractivity contribution in [3.63, 3.8) is 0 Å². The quantitative estimate of drug-likeness (QED) is 0.932. The zero-order chi connectivity index (χ0) is 15.0. The molecule has 0 aromatic carbocycles. The van der Waals surface area contributed by atoms with E-state index in [9.17, 15) is 14.7 Å². The molecule has 106 valence electrons. The average Bonchev–Trinajstić information content (AvgIpc) is 2.74. The number of hydrogen-bond acceptors (Lipinski definition) is 5. The minimum absolute atomic E-state index is 0.435. The number of carboxylic acid groups (broad SMARTS) is 1.